The van der Waals surface area contributed by atoms with Gasteiger partial charge in [0, 0.05) is 168 Å². The molecule has 3 aromatic heterocycles. The van der Waals surface area contributed by atoms with E-state index >= 15 is 0 Å². The van der Waals surface area contributed by atoms with Crippen LogP contribution in [0, 0.1) is 0 Å². The number of aromatic nitrogens is 9. The van der Waals surface area contributed by atoms with E-state index in [-0.39, 0.29) is 103 Å². The first-order chi connectivity index (χ1) is 58.6. The quantitative estimate of drug-likeness (QED) is 0.0452. The van der Waals surface area contributed by atoms with Crippen LogP contribution in [0.25, 0.3) is 0 Å². The summed E-state index contributed by atoms with van der Waals surface area (Å²) in [6, 6.07) is 1.26. The summed E-state index contributed by atoms with van der Waals surface area (Å²) in [5.41, 5.74) is -0.615. The van der Waals surface area contributed by atoms with E-state index in [0.717, 1.165) is 275 Å². The van der Waals surface area contributed by atoms with Crippen LogP contribution in [-0.4, -0.2) is 298 Å². The SMILES string of the molecule is CCCCN(c1nc(NCCCNCCNCCCN(c2nc(N(CCCC)C3CC(C)(C)N(C)C(C)(C)C3)nc(N(CCCC)C3CC(C)(C)N(C)C(C)(C)C3)n2)c2nc(N(CCCC)C3CC(C)(C)N(C)C(C)(C)C3)nc(N(CCCC)C3CC(C)(C)N(C)C(C)(C)C3)n2)nc(N(CCCC)C2CC(C)(C)N(C)C(C)(C)C2)n1)C1CC(C)(C)N(C)C(C)(C)C1. The Kier molecular flexibility index (Phi) is 35.0. The molecule has 722 valence electrons. The molecule has 0 radical (unpaired) electrons. The van der Waals surface area contributed by atoms with Crippen LogP contribution in [0.15, 0.2) is 0 Å². The molecule has 126 heavy (non-hydrogen) atoms. The molecular formula is C101H193N25. The molecule has 9 rings (SSSR count). The van der Waals surface area contributed by atoms with Gasteiger partial charge in [-0.05, 0) is 350 Å². The molecule has 0 spiro atoms. The van der Waals surface area contributed by atoms with Crippen LogP contribution in [0.4, 0.5) is 53.5 Å². The molecule has 9 heterocycles. The number of hydrogen-bond acceptors (Lipinski definition) is 25. The van der Waals surface area contributed by atoms with Crippen molar-refractivity contribution in [1.82, 2.24) is 84.9 Å². The molecule has 0 unspecified atom stereocenters. The maximum absolute atomic E-state index is 6.03. The average Bonchev–Trinajstić information content (AvgIpc) is 0.776. The number of hydrogen-bond donors (Lipinski definition) is 3. The minimum Gasteiger partial charge on any atom is -0.354 e. The van der Waals surface area contributed by atoms with E-state index in [1.165, 1.54) is 0 Å². The highest BCUT2D eigenvalue weighted by Crippen LogP contribution is 2.49. The maximum Gasteiger partial charge on any atom is 0.238 e. The Balaban J connectivity index is 1.11. The van der Waals surface area contributed by atoms with Crippen LogP contribution in [0.3, 0.4) is 0 Å². The zero-order valence-corrected chi connectivity index (χ0v) is 88.2. The summed E-state index contributed by atoms with van der Waals surface area (Å²) >= 11 is 0. The summed E-state index contributed by atoms with van der Waals surface area (Å²) in [6.45, 7) is 82.0. The Morgan fingerprint density at radius 2 is 0.397 bits per heavy atom. The van der Waals surface area contributed by atoms with E-state index in [9.17, 15) is 0 Å². The predicted molar refractivity (Wildman–Crippen MR) is 537 cm³/mol. The van der Waals surface area contributed by atoms with Gasteiger partial charge in [0.15, 0.2) is 0 Å². The second kappa shape index (κ2) is 42.1. The van der Waals surface area contributed by atoms with Crippen molar-refractivity contribution in [3.8, 4) is 0 Å². The minimum atomic E-state index is -0.0785. The largest absolute Gasteiger partial charge is 0.354 e. The van der Waals surface area contributed by atoms with Gasteiger partial charge in [0.25, 0.3) is 0 Å². The van der Waals surface area contributed by atoms with Gasteiger partial charge < -0.3 is 45.3 Å². The van der Waals surface area contributed by atoms with Gasteiger partial charge in [-0.25, -0.2) is 0 Å². The van der Waals surface area contributed by atoms with Crippen molar-refractivity contribution in [3.05, 3.63) is 0 Å². The summed E-state index contributed by atoms with van der Waals surface area (Å²) in [5, 5.41) is 11.6. The highest BCUT2D eigenvalue weighted by Gasteiger charge is 2.53. The maximum atomic E-state index is 6.03. The van der Waals surface area contributed by atoms with Crippen molar-refractivity contribution in [2.24, 2.45) is 0 Å². The van der Waals surface area contributed by atoms with E-state index in [1.54, 1.807) is 0 Å². The van der Waals surface area contributed by atoms with Crippen molar-refractivity contribution in [2.45, 2.75) is 477 Å². The predicted octanol–water partition coefficient (Wildman–Crippen LogP) is 19.0. The average molecular weight is 1760 g/mol. The van der Waals surface area contributed by atoms with Crippen LogP contribution in [0.2, 0.25) is 0 Å². The van der Waals surface area contributed by atoms with Crippen molar-refractivity contribution in [3.63, 3.8) is 0 Å². The van der Waals surface area contributed by atoms with Gasteiger partial charge >= 0.3 is 0 Å². The van der Waals surface area contributed by atoms with Gasteiger partial charge in [0.1, 0.15) is 0 Å². The Morgan fingerprint density at radius 1 is 0.222 bits per heavy atom. The molecule has 3 N–H and O–H groups in total. The Labute approximate surface area is 772 Å². The van der Waals surface area contributed by atoms with Gasteiger partial charge in [-0.1, -0.05) is 80.1 Å². The molecular weight excluding hydrogens is 1560 g/mol. The number of unbranched alkanes of at least 4 members (excludes halogenated alkanes) is 6. The van der Waals surface area contributed by atoms with Crippen molar-refractivity contribution < 1.29 is 0 Å². The fraction of sp³-hybridized carbons (Fsp3) is 0.911. The molecule has 0 atom stereocenters. The van der Waals surface area contributed by atoms with Gasteiger partial charge in [-0.3, -0.25) is 34.3 Å². The molecule has 3 aromatic rings. The zero-order valence-electron chi connectivity index (χ0n) is 88.2. The van der Waals surface area contributed by atoms with Crippen LogP contribution in [0.5, 0.6) is 0 Å². The lowest BCUT2D eigenvalue weighted by Crippen LogP contribution is -2.63. The highest BCUT2D eigenvalue weighted by molar-refractivity contribution is 5.58. The normalized spacial score (nSPS) is 23.0. The fourth-order valence-corrected chi connectivity index (χ4v) is 23.5. The number of rotatable bonds is 44. The number of nitrogens with one attached hydrogen (secondary N) is 3. The van der Waals surface area contributed by atoms with Crippen LogP contribution in [-0.2, 0) is 0 Å². The van der Waals surface area contributed by atoms with E-state index in [4.69, 9.17) is 44.9 Å². The number of likely N-dealkylation sites (tertiary alicyclic amines) is 6. The molecule has 0 aromatic carbocycles. The monoisotopic (exact) mass is 1760 g/mol. The van der Waals surface area contributed by atoms with E-state index < -0.39 is 0 Å². The van der Waals surface area contributed by atoms with Crippen molar-refractivity contribution >= 4 is 53.5 Å². The van der Waals surface area contributed by atoms with Gasteiger partial charge in [0.2, 0.25) is 53.5 Å². The van der Waals surface area contributed by atoms with Gasteiger partial charge in [-0.2, -0.15) is 44.9 Å². The van der Waals surface area contributed by atoms with Crippen LogP contribution < -0.4 is 50.2 Å². The van der Waals surface area contributed by atoms with Crippen LogP contribution in [0.1, 0.15) is 375 Å². The molecule has 6 aliphatic rings. The molecule has 6 saturated heterocycles. The first kappa shape index (κ1) is 105. The molecule has 0 bridgehead atoms. The summed E-state index contributed by atoms with van der Waals surface area (Å²) in [7, 11) is 14.0. The number of anilines is 9. The Bertz CT molecular complexity index is 3380. The lowest BCUT2D eigenvalue weighted by molar-refractivity contribution is -0.0135. The standard InChI is InChI=1S/C101H193N25/c1-37-43-56-120(75-63-90(7,8)114(31)91(9,10)64-75)82-105-81(106-83(107-82)121(57-44-38-2)76-65-92(11,12)115(32)93(13,14)66-76)104-53-49-51-102-54-55-103-52-50-62-126(88-110-84(122(58-45-39-3)77-67-94(15,16)116(33)95(17,18)68-77)108-85(111-88)123(59-46-40-4)78-69-96(19,20)117(34)97(21,22)70-78)89-112-86(124(60-47-41-5)79-71-98(23,24)118(35)99(25,26)72-79)109-87(113-89)125(61-48-42-6)80-73-100(27,28)119(36)101(29,30)74-80/h75-80,102-103H,37-74H2,1-36H3,(H,104,105,106,107). The second-order valence-corrected chi connectivity index (χ2v) is 47.8. The van der Waals surface area contributed by atoms with Crippen molar-refractivity contribution in [1.29, 1.82) is 0 Å². The molecule has 0 aliphatic carbocycles. The highest BCUT2D eigenvalue weighted by atomic mass is 15.5. The molecule has 25 heteroatoms. The van der Waals surface area contributed by atoms with Gasteiger partial charge in [-0.15, -0.1) is 0 Å². The molecule has 25 nitrogen and oxygen atoms in total. The van der Waals surface area contributed by atoms with Crippen LogP contribution >= 0.6 is 0 Å². The summed E-state index contributed by atoms with van der Waals surface area (Å²) in [4.78, 5) is 86.3. The Morgan fingerprint density at radius 3 is 0.587 bits per heavy atom. The lowest BCUT2D eigenvalue weighted by atomic mass is 9.77. The Hall–Kier alpha value is -4.89. The molecule has 0 amide bonds. The summed E-state index contributed by atoms with van der Waals surface area (Å²) in [6.07, 6.45) is 26.3. The number of nitrogens with zero attached hydrogens (tertiary/aromatic N) is 22. The van der Waals surface area contributed by atoms with Crippen molar-refractivity contribution in [2.75, 3.05) is 160 Å². The smallest absolute Gasteiger partial charge is 0.238 e. The number of piperidine rings is 6. The van der Waals surface area contributed by atoms with E-state index in [0.29, 0.717) is 24.4 Å². The molecule has 6 fully saturated rings. The lowest BCUT2D eigenvalue weighted by Gasteiger charge is -2.56. The zero-order chi connectivity index (χ0) is 93.5. The van der Waals surface area contributed by atoms with E-state index in [1.807, 2.05) is 0 Å². The van der Waals surface area contributed by atoms with Gasteiger partial charge in [0.05, 0.1) is 0 Å². The third-order valence-corrected chi connectivity index (χ3v) is 32.7. The summed E-state index contributed by atoms with van der Waals surface area (Å²) < 4.78 is 0. The third kappa shape index (κ3) is 25.1. The molecule has 0 saturated carbocycles. The topological polar surface area (TPSA) is 194 Å². The van der Waals surface area contributed by atoms with E-state index in [2.05, 4.69) is 330 Å². The first-order valence-electron chi connectivity index (χ1n) is 50.8. The second-order valence-electron chi connectivity index (χ2n) is 47.8. The third-order valence-electron chi connectivity index (χ3n) is 32.7. The fourth-order valence-electron chi connectivity index (χ4n) is 23.5. The molecule has 6 aliphatic heterocycles. The minimum absolute atomic E-state index is 0.00340. The summed E-state index contributed by atoms with van der Waals surface area (Å²) in [5.74, 6) is 6.57. The first-order valence-corrected chi connectivity index (χ1v) is 50.8.